The maximum Gasteiger partial charge on any atom is 0.317 e. The Morgan fingerprint density at radius 2 is 1.26 bits per heavy atom. The number of aliphatic hydroxyl groups is 1. The molecular formula is C33H41N5O16. The summed E-state index contributed by atoms with van der Waals surface area (Å²) in [5.74, 6) is -9.14. The number of carboxylic acids is 3. The Balaban J connectivity index is 1.76. The van der Waals surface area contributed by atoms with Crippen molar-refractivity contribution in [3.8, 4) is 0 Å². The van der Waals surface area contributed by atoms with Crippen molar-refractivity contribution in [1.82, 2.24) is 20.0 Å². The van der Waals surface area contributed by atoms with E-state index in [0.717, 1.165) is 12.2 Å². The number of benzene rings is 1. The molecule has 0 aliphatic carbocycles. The minimum atomic E-state index is -1.30. The first-order valence-electron chi connectivity index (χ1n) is 16.4. The van der Waals surface area contributed by atoms with Crippen LogP contribution in [0.4, 0.5) is 5.69 Å². The van der Waals surface area contributed by atoms with Gasteiger partial charge in [-0.15, -0.1) is 0 Å². The van der Waals surface area contributed by atoms with Crippen LogP contribution in [0.3, 0.4) is 0 Å². The second kappa shape index (κ2) is 22.8. The van der Waals surface area contributed by atoms with Gasteiger partial charge in [-0.2, -0.15) is 0 Å². The first-order valence-corrected chi connectivity index (χ1v) is 16.4. The number of hydrogen-bond donors (Lipinski definition) is 6. The van der Waals surface area contributed by atoms with Crippen molar-refractivity contribution in [2.24, 2.45) is 0 Å². The Morgan fingerprint density at radius 1 is 0.722 bits per heavy atom. The lowest BCUT2D eigenvalue weighted by Gasteiger charge is -2.33. The minimum Gasteiger partial charge on any atom is -0.480 e. The number of anilines is 1. The molecule has 1 aliphatic rings. The molecule has 0 saturated carbocycles. The third kappa shape index (κ3) is 17.0. The number of nitrogens with zero attached hydrogens (tertiary/aromatic N) is 3. The summed E-state index contributed by atoms with van der Waals surface area (Å²) in [5, 5.41) is 42.2. The van der Waals surface area contributed by atoms with Crippen LogP contribution in [0, 0.1) is 0 Å². The smallest absolute Gasteiger partial charge is 0.317 e. The second-order valence-electron chi connectivity index (χ2n) is 11.6. The predicted molar refractivity (Wildman–Crippen MR) is 180 cm³/mol. The third-order valence-corrected chi connectivity index (χ3v) is 7.36. The van der Waals surface area contributed by atoms with Crippen LogP contribution < -0.4 is 10.6 Å². The summed E-state index contributed by atoms with van der Waals surface area (Å²) >= 11 is 0. The second-order valence-corrected chi connectivity index (χ2v) is 11.6. The van der Waals surface area contributed by atoms with Crippen LogP contribution >= 0.6 is 0 Å². The van der Waals surface area contributed by atoms with Gasteiger partial charge in [-0.3, -0.25) is 57.7 Å². The first kappa shape index (κ1) is 44.1. The van der Waals surface area contributed by atoms with Crippen molar-refractivity contribution in [1.29, 1.82) is 0 Å². The largest absolute Gasteiger partial charge is 0.480 e. The van der Waals surface area contributed by atoms with Crippen molar-refractivity contribution in [3.05, 3.63) is 42.0 Å². The van der Waals surface area contributed by atoms with Gasteiger partial charge in [0.05, 0.1) is 45.6 Å². The van der Waals surface area contributed by atoms with Crippen LogP contribution in [0.2, 0.25) is 0 Å². The monoisotopic (exact) mass is 763 g/mol. The van der Waals surface area contributed by atoms with Gasteiger partial charge < -0.3 is 40.5 Å². The van der Waals surface area contributed by atoms with Crippen LogP contribution in [0.5, 0.6) is 0 Å². The molecule has 21 heteroatoms. The fourth-order valence-electron chi connectivity index (χ4n) is 4.94. The van der Waals surface area contributed by atoms with E-state index in [1.165, 1.54) is 21.9 Å². The molecule has 5 amide bonds. The molecule has 1 aromatic carbocycles. The molecule has 0 spiro atoms. The van der Waals surface area contributed by atoms with Crippen molar-refractivity contribution in [2.75, 3.05) is 64.4 Å². The van der Waals surface area contributed by atoms with E-state index in [9.17, 15) is 68.4 Å². The highest BCUT2D eigenvalue weighted by Gasteiger charge is 2.30. The van der Waals surface area contributed by atoms with E-state index in [1.54, 1.807) is 12.1 Å². The molecule has 0 fully saturated rings. The molecule has 1 atom stereocenters. The van der Waals surface area contributed by atoms with Crippen molar-refractivity contribution in [3.63, 3.8) is 0 Å². The summed E-state index contributed by atoms with van der Waals surface area (Å²) in [7, 11) is 0. The molecule has 0 unspecified atom stereocenters. The lowest BCUT2D eigenvalue weighted by atomic mass is 10.0. The number of carbonyl (C=O) groups is 10. The van der Waals surface area contributed by atoms with E-state index in [0.29, 0.717) is 16.2 Å². The molecule has 294 valence electrons. The third-order valence-electron chi connectivity index (χ3n) is 7.36. The average Bonchev–Trinajstić information content (AvgIpc) is 3.44. The summed E-state index contributed by atoms with van der Waals surface area (Å²) in [5.41, 5.74) is 0.913. The quantitative estimate of drug-likeness (QED) is 0.0344. The molecular weight excluding hydrogens is 722 g/mol. The molecule has 0 aromatic heterocycles. The Bertz CT molecular complexity index is 1560. The van der Waals surface area contributed by atoms with Crippen LogP contribution in [0.1, 0.15) is 31.2 Å². The highest BCUT2D eigenvalue weighted by molar-refractivity contribution is 6.22. The molecule has 6 N–H and O–H groups in total. The number of esters is 2. The zero-order chi connectivity index (χ0) is 40.2. The fraction of sp³-hybridized carbons (Fsp3) is 0.455. The molecule has 1 heterocycles. The van der Waals surface area contributed by atoms with Gasteiger partial charge in [0.1, 0.15) is 13.2 Å². The maximum absolute atomic E-state index is 12.4. The molecule has 54 heavy (non-hydrogen) atoms. The van der Waals surface area contributed by atoms with E-state index in [1.807, 2.05) is 0 Å². The Kier molecular flexibility index (Phi) is 18.6. The van der Waals surface area contributed by atoms with E-state index in [2.05, 4.69) is 10.6 Å². The molecule has 0 bridgehead atoms. The number of hydrogen-bond acceptors (Lipinski definition) is 15. The zero-order valence-electron chi connectivity index (χ0n) is 29.0. The van der Waals surface area contributed by atoms with Gasteiger partial charge in [0.25, 0.3) is 11.8 Å². The van der Waals surface area contributed by atoms with Crippen LogP contribution in [0.15, 0.2) is 36.4 Å². The Labute approximate surface area is 307 Å². The number of nitrogens with one attached hydrogen (secondary N) is 2. The summed E-state index contributed by atoms with van der Waals surface area (Å²) in [6.45, 7) is -3.41. The number of amides is 5. The number of ether oxygens (including phenoxy) is 2. The molecule has 1 aromatic rings. The number of imide groups is 3. The van der Waals surface area contributed by atoms with Crippen LogP contribution in [0.25, 0.3) is 0 Å². The normalized spacial score (nSPS) is 12.8. The van der Waals surface area contributed by atoms with Gasteiger partial charge in [-0.25, -0.2) is 4.90 Å². The molecule has 1 aliphatic heterocycles. The topological polar surface area (TPSA) is 304 Å². The molecule has 0 radical (unpaired) electrons. The van der Waals surface area contributed by atoms with Gasteiger partial charge in [-0.1, -0.05) is 12.1 Å². The van der Waals surface area contributed by atoms with E-state index < -0.39 is 104 Å². The minimum absolute atomic E-state index is 0.0517. The van der Waals surface area contributed by atoms with E-state index in [4.69, 9.17) is 9.47 Å². The summed E-state index contributed by atoms with van der Waals surface area (Å²) in [4.78, 5) is 120. The SMILES string of the molecule is O=C(O)CN(CCO)C[C@H](Cc1ccc(NC(=O)CNC(=O)CCC(=O)OCCOC(=O)CCC(=O)N2C(=O)C=CC2=O)cc1)N(CC(=O)O)CC(=O)O. The van der Waals surface area contributed by atoms with Crippen LogP contribution in [-0.2, 0) is 63.8 Å². The van der Waals surface area contributed by atoms with Gasteiger partial charge in [0.2, 0.25) is 17.7 Å². The number of carbonyl (C=O) groups excluding carboxylic acids is 7. The van der Waals surface area contributed by atoms with Gasteiger partial charge in [-0.05, 0) is 24.1 Å². The summed E-state index contributed by atoms with van der Waals surface area (Å²) < 4.78 is 9.69. The van der Waals surface area contributed by atoms with Crippen molar-refractivity contribution >= 4 is 65.1 Å². The summed E-state index contributed by atoms with van der Waals surface area (Å²) in [6.07, 6.45) is 0.407. The van der Waals surface area contributed by atoms with Gasteiger partial charge >= 0.3 is 29.8 Å². The van der Waals surface area contributed by atoms with E-state index >= 15 is 0 Å². The molecule has 2 rings (SSSR count). The Morgan fingerprint density at radius 3 is 1.78 bits per heavy atom. The number of aliphatic hydroxyl groups excluding tert-OH is 1. The number of aliphatic carboxylic acids is 3. The Hall–Kier alpha value is -6.06. The lowest BCUT2D eigenvalue weighted by Crippen LogP contribution is -2.50. The van der Waals surface area contributed by atoms with Crippen molar-refractivity contribution < 1.29 is 77.8 Å². The fourth-order valence-corrected chi connectivity index (χ4v) is 4.94. The van der Waals surface area contributed by atoms with Crippen molar-refractivity contribution in [2.45, 2.75) is 38.1 Å². The maximum atomic E-state index is 12.4. The highest BCUT2D eigenvalue weighted by Crippen LogP contribution is 2.15. The standard InChI is InChI=1S/C33H41N5O16/c39-12-11-36(18-29(45)46)17-23(37(19-30(47)48)20-31(49)50)15-21-1-3-22(4-2-21)35-25(41)16-34-24(40)5-9-32(51)53-13-14-54-33(52)10-8-28(44)38-26(42)6-7-27(38)43/h1-4,6-7,23,39H,5,8-20H2,(H,34,40)(H,35,41)(H,45,46)(H,47,48)(H,49,50)/t23-/m0/s1. The number of carboxylic acid groups (broad SMARTS) is 3. The highest BCUT2D eigenvalue weighted by atomic mass is 16.6. The summed E-state index contributed by atoms with van der Waals surface area (Å²) in [6, 6.07) is 5.40. The predicted octanol–water partition coefficient (Wildman–Crippen LogP) is -2.40. The number of rotatable bonds is 25. The average molecular weight is 764 g/mol. The van der Waals surface area contributed by atoms with Gasteiger partial charge in [0.15, 0.2) is 0 Å². The first-order chi connectivity index (χ1) is 25.6. The lowest BCUT2D eigenvalue weighted by molar-refractivity contribution is -0.154. The van der Waals surface area contributed by atoms with Crippen LogP contribution in [-0.4, -0.2) is 160 Å². The molecule has 0 saturated heterocycles. The van der Waals surface area contributed by atoms with Gasteiger partial charge in [0, 0.05) is 49.8 Å². The zero-order valence-corrected chi connectivity index (χ0v) is 29.0. The molecule has 21 nitrogen and oxygen atoms in total. The van der Waals surface area contributed by atoms with E-state index in [-0.39, 0.29) is 52.2 Å².